The van der Waals surface area contributed by atoms with Crippen molar-refractivity contribution in [3.05, 3.63) is 23.0 Å². The zero-order valence-corrected chi connectivity index (χ0v) is 17.1. The Bertz CT molecular complexity index is 829. The van der Waals surface area contributed by atoms with Crippen molar-refractivity contribution in [1.82, 2.24) is 14.8 Å². The number of halogens is 3. The van der Waals surface area contributed by atoms with Gasteiger partial charge in [-0.2, -0.15) is 13.2 Å². The van der Waals surface area contributed by atoms with Gasteiger partial charge in [0.2, 0.25) is 5.13 Å². The van der Waals surface area contributed by atoms with E-state index in [0.717, 1.165) is 24.0 Å². The number of hydrogen-bond acceptors (Lipinski definition) is 7. The lowest BCUT2D eigenvalue weighted by Gasteiger charge is -2.12. The Morgan fingerprint density at radius 1 is 1.43 bits per heavy atom. The van der Waals surface area contributed by atoms with E-state index in [1.165, 1.54) is 36.1 Å². The van der Waals surface area contributed by atoms with Crippen molar-refractivity contribution in [1.29, 1.82) is 0 Å². The number of carbonyl (C=O) groups is 1. The number of carbonyl (C=O) groups excluding carboxylic acids is 1. The molecule has 154 valence electrons. The van der Waals surface area contributed by atoms with Gasteiger partial charge >= 0.3 is 6.18 Å². The smallest absolute Gasteiger partial charge is 0.376 e. The highest BCUT2D eigenvalue weighted by Crippen LogP contribution is 2.28. The number of thioether (sulfide) groups is 1. The van der Waals surface area contributed by atoms with Crippen molar-refractivity contribution in [3.63, 3.8) is 0 Å². The lowest BCUT2D eigenvalue weighted by Crippen LogP contribution is -2.19. The highest BCUT2D eigenvalue weighted by atomic mass is 32.2. The summed E-state index contributed by atoms with van der Waals surface area (Å²) >= 11 is 2.57. The molecule has 1 N–H and O–H groups in total. The minimum absolute atomic E-state index is 0.0939. The van der Waals surface area contributed by atoms with Gasteiger partial charge in [0.25, 0.3) is 0 Å². The molecule has 0 bridgehead atoms. The van der Waals surface area contributed by atoms with Crippen LogP contribution in [0.15, 0.2) is 10.4 Å². The summed E-state index contributed by atoms with van der Waals surface area (Å²) in [4.78, 5) is 12.5. The minimum Gasteiger partial charge on any atom is -0.376 e. The summed E-state index contributed by atoms with van der Waals surface area (Å²) in [6.45, 7) is 3.47. The molecule has 3 heterocycles. The first-order chi connectivity index (χ1) is 13.2. The van der Waals surface area contributed by atoms with E-state index in [2.05, 4.69) is 15.5 Å². The zero-order chi connectivity index (χ0) is 20.3. The quantitative estimate of drug-likeness (QED) is 0.499. The molecular weight excluding hydrogens is 413 g/mol. The number of aromatic nitrogens is 3. The van der Waals surface area contributed by atoms with E-state index in [-0.39, 0.29) is 17.6 Å². The number of aryl methyl sites for hydroxylation is 1. The van der Waals surface area contributed by atoms with Gasteiger partial charge in [-0.3, -0.25) is 4.79 Å². The molecule has 2 aromatic heterocycles. The molecule has 0 aromatic carbocycles. The number of ketones is 1. The summed E-state index contributed by atoms with van der Waals surface area (Å²) in [6.07, 6.45) is -2.05. The summed E-state index contributed by atoms with van der Waals surface area (Å²) in [5.74, 6) is -0.132. The van der Waals surface area contributed by atoms with Crippen molar-refractivity contribution >= 4 is 34.0 Å². The maximum atomic E-state index is 12.7. The van der Waals surface area contributed by atoms with Crippen LogP contribution in [0.4, 0.5) is 18.3 Å². The van der Waals surface area contributed by atoms with Crippen LogP contribution < -0.4 is 5.32 Å². The summed E-state index contributed by atoms with van der Waals surface area (Å²) in [7, 11) is 0. The lowest BCUT2D eigenvalue weighted by molar-refractivity contribution is -0.141. The monoisotopic (exact) mass is 434 g/mol. The van der Waals surface area contributed by atoms with Crippen LogP contribution >= 0.6 is 23.1 Å². The average molecular weight is 435 g/mol. The van der Waals surface area contributed by atoms with Crippen LogP contribution in [-0.2, 0) is 11.3 Å². The molecule has 28 heavy (non-hydrogen) atoms. The van der Waals surface area contributed by atoms with Crippen molar-refractivity contribution in [3.8, 4) is 0 Å². The Hall–Kier alpha value is -1.59. The number of hydrogen-bond donors (Lipinski definition) is 1. The van der Waals surface area contributed by atoms with Crippen molar-refractivity contribution in [2.45, 2.75) is 49.9 Å². The van der Waals surface area contributed by atoms with E-state index in [1.54, 1.807) is 6.92 Å². The molecule has 0 spiro atoms. The van der Waals surface area contributed by atoms with Crippen molar-refractivity contribution in [2.24, 2.45) is 0 Å². The fourth-order valence-electron chi connectivity index (χ4n) is 3.06. The topological polar surface area (TPSA) is 69.0 Å². The fourth-order valence-corrected chi connectivity index (χ4v) is 4.70. The Labute approximate surface area is 168 Å². The summed E-state index contributed by atoms with van der Waals surface area (Å²) < 4.78 is 45.4. The van der Waals surface area contributed by atoms with E-state index < -0.39 is 12.7 Å². The molecule has 6 nitrogen and oxygen atoms in total. The van der Waals surface area contributed by atoms with Gasteiger partial charge in [0.1, 0.15) is 6.54 Å². The standard InChI is InChI=1S/C17H21F3N4O2S2/c1-10-6-13(11(2)24(10)9-17(18,19)20)14(25)8-27-16-23-22-15(28-16)21-7-12-4-3-5-26-12/h6,12H,3-5,7-9H2,1-2H3,(H,21,22). The number of nitrogens with zero attached hydrogens (tertiary/aromatic N) is 3. The van der Waals surface area contributed by atoms with E-state index in [4.69, 9.17) is 4.74 Å². The van der Waals surface area contributed by atoms with Crippen LogP contribution in [0.1, 0.15) is 34.6 Å². The molecule has 0 radical (unpaired) electrons. The number of rotatable bonds is 8. The molecule has 1 fully saturated rings. The van der Waals surface area contributed by atoms with Gasteiger partial charge < -0.3 is 14.6 Å². The van der Waals surface area contributed by atoms with Gasteiger partial charge in [-0.05, 0) is 32.8 Å². The highest BCUT2D eigenvalue weighted by Gasteiger charge is 2.30. The molecule has 3 rings (SSSR count). The van der Waals surface area contributed by atoms with Crippen molar-refractivity contribution in [2.75, 3.05) is 24.2 Å². The maximum absolute atomic E-state index is 12.7. The molecule has 0 saturated carbocycles. The normalized spacial score (nSPS) is 17.2. The number of Topliss-reactive ketones (excluding diaryl/α,β-unsaturated/α-hetero) is 1. The molecule has 1 saturated heterocycles. The van der Waals surface area contributed by atoms with Crippen LogP contribution in [-0.4, -0.2) is 51.7 Å². The second kappa shape index (κ2) is 8.83. The van der Waals surface area contributed by atoms with Crippen LogP contribution in [0.5, 0.6) is 0 Å². The van der Waals surface area contributed by atoms with E-state index in [0.29, 0.717) is 33.0 Å². The first-order valence-corrected chi connectivity index (χ1v) is 10.6. The number of ether oxygens (including phenoxy) is 1. The molecule has 1 aliphatic heterocycles. The van der Waals surface area contributed by atoms with Gasteiger partial charge in [0.15, 0.2) is 10.1 Å². The van der Waals surface area contributed by atoms with Crippen LogP contribution in [0.25, 0.3) is 0 Å². The van der Waals surface area contributed by atoms with Crippen LogP contribution in [0.2, 0.25) is 0 Å². The third-order valence-corrected chi connectivity index (χ3v) is 6.46. The predicted octanol–water partition coefficient (Wildman–Crippen LogP) is 4.08. The molecule has 2 aromatic rings. The molecule has 1 unspecified atom stereocenters. The van der Waals surface area contributed by atoms with E-state index in [9.17, 15) is 18.0 Å². The largest absolute Gasteiger partial charge is 0.406 e. The van der Waals surface area contributed by atoms with E-state index in [1.807, 2.05) is 0 Å². The molecule has 1 aliphatic rings. The van der Waals surface area contributed by atoms with Gasteiger partial charge in [-0.1, -0.05) is 23.1 Å². The Morgan fingerprint density at radius 2 is 2.21 bits per heavy atom. The number of alkyl halides is 3. The van der Waals surface area contributed by atoms with E-state index >= 15 is 0 Å². The molecule has 0 amide bonds. The maximum Gasteiger partial charge on any atom is 0.406 e. The van der Waals surface area contributed by atoms with Crippen LogP contribution in [0.3, 0.4) is 0 Å². The van der Waals surface area contributed by atoms with Crippen molar-refractivity contribution < 1.29 is 22.7 Å². The summed E-state index contributed by atoms with van der Waals surface area (Å²) in [5.41, 5.74) is 1.06. The van der Waals surface area contributed by atoms with Gasteiger partial charge in [0.05, 0.1) is 11.9 Å². The number of anilines is 1. The minimum atomic E-state index is -4.33. The molecule has 11 heteroatoms. The second-order valence-electron chi connectivity index (χ2n) is 6.59. The average Bonchev–Trinajstić information content (AvgIpc) is 3.34. The summed E-state index contributed by atoms with van der Waals surface area (Å²) in [5, 5.41) is 11.9. The molecular formula is C17H21F3N4O2S2. The fraction of sp³-hybridized carbons (Fsp3) is 0.588. The third-order valence-electron chi connectivity index (χ3n) is 4.45. The first-order valence-electron chi connectivity index (χ1n) is 8.81. The first kappa shape index (κ1) is 21.1. The van der Waals surface area contributed by atoms with Gasteiger partial charge in [-0.15, -0.1) is 10.2 Å². The Kier molecular flexibility index (Phi) is 6.66. The highest BCUT2D eigenvalue weighted by molar-refractivity contribution is 8.01. The SMILES string of the molecule is Cc1cc(C(=O)CSc2nnc(NCC3CCCO3)s2)c(C)n1CC(F)(F)F. The van der Waals surface area contributed by atoms with Gasteiger partial charge in [-0.25, -0.2) is 0 Å². The van der Waals surface area contributed by atoms with Gasteiger partial charge in [0, 0.05) is 30.1 Å². The zero-order valence-electron chi connectivity index (χ0n) is 15.5. The lowest BCUT2D eigenvalue weighted by atomic mass is 10.2. The second-order valence-corrected chi connectivity index (χ2v) is 8.79. The molecule has 1 atom stereocenters. The Balaban J connectivity index is 1.55. The summed E-state index contributed by atoms with van der Waals surface area (Å²) in [6, 6.07) is 1.51. The molecule has 0 aliphatic carbocycles. The third kappa shape index (κ3) is 5.48. The Morgan fingerprint density at radius 3 is 2.89 bits per heavy atom. The van der Waals surface area contributed by atoms with Crippen LogP contribution in [0, 0.1) is 13.8 Å². The predicted molar refractivity (Wildman–Crippen MR) is 102 cm³/mol. The number of nitrogens with one attached hydrogen (secondary N) is 1.